The molecule has 3 fully saturated rings. The Morgan fingerprint density at radius 2 is 1.73 bits per heavy atom. The summed E-state index contributed by atoms with van der Waals surface area (Å²) in [6.45, 7) is 1.06. The largest absolute Gasteiger partial charge is 0.480 e. The number of nitrogens with one attached hydrogen (secondary N) is 1. The van der Waals surface area contributed by atoms with Crippen LogP contribution in [0.4, 0.5) is 0 Å². The average molecular weight is 457 g/mol. The maximum absolute atomic E-state index is 13.3. The molecule has 2 aliphatic heterocycles. The molecule has 2 saturated heterocycles. The molecular formula is C25H32N2O6. The molecule has 33 heavy (non-hydrogen) atoms. The summed E-state index contributed by atoms with van der Waals surface area (Å²) in [4.78, 5) is 51.9. The van der Waals surface area contributed by atoms with Crippen molar-refractivity contribution in [1.82, 2.24) is 10.2 Å². The van der Waals surface area contributed by atoms with Gasteiger partial charge in [0.1, 0.15) is 6.54 Å². The van der Waals surface area contributed by atoms with Crippen molar-refractivity contribution in [3.8, 4) is 0 Å². The molecule has 3 aliphatic rings. The first-order valence-corrected chi connectivity index (χ1v) is 11.8. The van der Waals surface area contributed by atoms with Crippen LogP contribution in [0.3, 0.4) is 0 Å². The second kappa shape index (κ2) is 10.0. The number of carboxylic acids is 1. The number of carbonyl (C=O) groups excluding carboxylic acids is 3. The van der Waals surface area contributed by atoms with Crippen molar-refractivity contribution in [3.63, 3.8) is 0 Å². The molecule has 2 N–H and O–H groups in total. The van der Waals surface area contributed by atoms with E-state index in [4.69, 9.17) is 9.84 Å². The molecule has 178 valence electrons. The van der Waals surface area contributed by atoms with Crippen LogP contribution in [-0.4, -0.2) is 66.4 Å². The Morgan fingerprint density at radius 3 is 2.36 bits per heavy atom. The van der Waals surface area contributed by atoms with Crippen LogP contribution in [0.5, 0.6) is 0 Å². The van der Waals surface area contributed by atoms with E-state index < -0.39 is 35.7 Å². The third-order valence-electron chi connectivity index (χ3n) is 7.56. The molecule has 2 amide bonds. The highest BCUT2D eigenvalue weighted by Gasteiger charge is 2.54. The topological polar surface area (TPSA) is 113 Å². The maximum Gasteiger partial charge on any atom is 0.322 e. The number of ketones is 1. The number of rotatable bonds is 6. The van der Waals surface area contributed by atoms with Gasteiger partial charge in [-0.2, -0.15) is 0 Å². The van der Waals surface area contributed by atoms with Gasteiger partial charge in [-0.15, -0.1) is 0 Å². The summed E-state index contributed by atoms with van der Waals surface area (Å²) >= 11 is 0. The summed E-state index contributed by atoms with van der Waals surface area (Å²) in [6, 6.07) is 10.5. The molecule has 1 aromatic carbocycles. The summed E-state index contributed by atoms with van der Waals surface area (Å²) < 4.78 is 5.45. The Labute approximate surface area is 193 Å². The monoisotopic (exact) mass is 456 g/mol. The highest BCUT2D eigenvalue weighted by atomic mass is 16.5. The summed E-state index contributed by atoms with van der Waals surface area (Å²) in [6.07, 6.45) is 5.03. The van der Waals surface area contributed by atoms with Crippen LogP contribution >= 0.6 is 0 Å². The van der Waals surface area contributed by atoms with Gasteiger partial charge in [0.25, 0.3) is 0 Å². The second-order valence-corrected chi connectivity index (χ2v) is 9.65. The highest BCUT2D eigenvalue weighted by molar-refractivity contribution is 6.21. The number of carboxylic acid groups (broad SMARTS) is 1. The number of likely N-dealkylation sites (tertiary alicyclic amines) is 1. The highest BCUT2D eigenvalue weighted by Crippen LogP contribution is 2.41. The van der Waals surface area contributed by atoms with Crippen LogP contribution in [0, 0.1) is 17.3 Å². The number of benzene rings is 1. The Kier molecular flexibility index (Phi) is 7.12. The lowest BCUT2D eigenvalue weighted by Crippen LogP contribution is -2.62. The molecule has 1 unspecified atom stereocenters. The molecule has 8 nitrogen and oxygen atoms in total. The summed E-state index contributed by atoms with van der Waals surface area (Å²) in [5.74, 6) is -3.54. The van der Waals surface area contributed by atoms with Crippen molar-refractivity contribution >= 4 is 23.6 Å². The van der Waals surface area contributed by atoms with Crippen LogP contribution in [0.15, 0.2) is 30.3 Å². The van der Waals surface area contributed by atoms with E-state index in [9.17, 15) is 19.2 Å². The minimum atomic E-state index is -1.48. The van der Waals surface area contributed by atoms with Crippen molar-refractivity contribution < 1.29 is 29.0 Å². The molecule has 0 bridgehead atoms. The van der Waals surface area contributed by atoms with Gasteiger partial charge in [0.2, 0.25) is 11.8 Å². The normalized spacial score (nSPS) is 27.4. The van der Waals surface area contributed by atoms with Crippen molar-refractivity contribution in [1.29, 1.82) is 0 Å². The van der Waals surface area contributed by atoms with Crippen molar-refractivity contribution in [2.45, 2.75) is 44.4 Å². The minimum absolute atomic E-state index is 0.315. The molecule has 1 aliphatic carbocycles. The number of aliphatic carboxylic acids is 1. The average Bonchev–Trinajstić information content (AvgIpc) is 2.83. The van der Waals surface area contributed by atoms with Crippen LogP contribution < -0.4 is 5.32 Å². The van der Waals surface area contributed by atoms with Crippen molar-refractivity contribution in [2.24, 2.45) is 17.3 Å². The van der Waals surface area contributed by atoms with Gasteiger partial charge in [-0.25, -0.2) is 0 Å². The van der Waals surface area contributed by atoms with Gasteiger partial charge in [-0.1, -0.05) is 30.3 Å². The van der Waals surface area contributed by atoms with Gasteiger partial charge in [-0.05, 0) is 55.9 Å². The zero-order chi connectivity index (χ0) is 23.4. The van der Waals surface area contributed by atoms with E-state index in [1.54, 1.807) is 4.90 Å². The fraction of sp³-hybridized carbons (Fsp3) is 0.600. The number of amides is 2. The molecular weight excluding hydrogens is 424 g/mol. The number of hydrogen-bond acceptors (Lipinski definition) is 5. The molecule has 2 heterocycles. The Morgan fingerprint density at radius 1 is 1.06 bits per heavy atom. The molecule has 1 aromatic rings. The van der Waals surface area contributed by atoms with E-state index in [1.807, 2.05) is 6.07 Å². The van der Waals surface area contributed by atoms with Gasteiger partial charge in [0.05, 0.1) is 5.41 Å². The van der Waals surface area contributed by atoms with Gasteiger partial charge < -0.3 is 20.1 Å². The van der Waals surface area contributed by atoms with Crippen LogP contribution in [0.25, 0.3) is 0 Å². The third kappa shape index (κ3) is 5.11. The minimum Gasteiger partial charge on any atom is -0.480 e. The number of hydrogen-bond donors (Lipinski definition) is 2. The third-order valence-corrected chi connectivity index (χ3v) is 7.56. The Hall–Kier alpha value is -2.74. The van der Waals surface area contributed by atoms with Crippen LogP contribution in [-0.2, 0) is 23.9 Å². The van der Waals surface area contributed by atoms with Gasteiger partial charge in [0, 0.05) is 26.3 Å². The van der Waals surface area contributed by atoms with E-state index in [1.165, 1.54) is 5.56 Å². The molecule has 4 rings (SSSR count). The lowest BCUT2D eigenvalue weighted by atomic mass is 9.68. The van der Waals surface area contributed by atoms with E-state index in [0.717, 1.165) is 25.7 Å². The van der Waals surface area contributed by atoms with E-state index >= 15 is 0 Å². The molecule has 8 heteroatoms. The summed E-state index contributed by atoms with van der Waals surface area (Å²) in [5.41, 5.74) is 0.561. The Balaban J connectivity index is 1.46. The maximum atomic E-state index is 13.3. The lowest BCUT2D eigenvalue weighted by Gasteiger charge is -2.47. The predicted octanol–water partition coefficient (Wildman–Crippen LogP) is 1.99. The number of piperidine rings is 1. The van der Waals surface area contributed by atoms with E-state index in [2.05, 4.69) is 29.6 Å². The fourth-order valence-corrected chi connectivity index (χ4v) is 5.65. The first-order valence-electron chi connectivity index (χ1n) is 11.8. The molecule has 1 saturated carbocycles. The van der Waals surface area contributed by atoms with Crippen molar-refractivity contribution in [3.05, 3.63) is 35.9 Å². The SMILES string of the molecule is O=C(O)CNC(=O)C1C(=O)N(CC2CCC(c3ccccc3)CC2)CC2(CCOCC2)C1=O. The molecule has 0 radical (unpaired) electrons. The van der Waals surface area contributed by atoms with E-state index in [-0.39, 0.29) is 5.78 Å². The lowest BCUT2D eigenvalue weighted by molar-refractivity contribution is -0.164. The number of nitrogens with zero attached hydrogens (tertiary/aromatic N) is 1. The number of ether oxygens (including phenoxy) is 1. The van der Waals surface area contributed by atoms with Gasteiger partial charge >= 0.3 is 5.97 Å². The van der Waals surface area contributed by atoms with Crippen LogP contribution in [0.2, 0.25) is 0 Å². The zero-order valence-electron chi connectivity index (χ0n) is 18.8. The van der Waals surface area contributed by atoms with Gasteiger partial charge in [-0.3, -0.25) is 19.2 Å². The predicted molar refractivity (Wildman–Crippen MR) is 119 cm³/mol. The second-order valence-electron chi connectivity index (χ2n) is 9.65. The van der Waals surface area contributed by atoms with Crippen molar-refractivity contribution in [2.75, 3.05) is 32.8 Å². The molecule has 1 atom stereocenters. The molecule has 1 spiro atoms. The quantitative estimate of drug-likeness (QED) is 0.633. The Bertz CT molecular complexity index is 887. The molecule has 0 aromatic heterocycles. The first-order chi connectivity index (χ1) is 15.9. The smallest absolute Gasteiger partial charge is 0.322 e. The van der Waals surface area contributed by atoms with Gasteiger partial charge in [0.15, 0.2) is 11.7 Å². The first kappa shape index (κ1) is 23.4. The number of Topliss-reactive ketones (excluding diaryl/α,β-unsaturated/α-hetero) is 1. The standard InChI is InChI=1S/C25H32N2O6/c28-20(29)14-26-23(31)21-22(30)25(10-12-33-13-11-25)16-27(24(21)32)15-17-6-8-19(9-7-17)18-4-2-1-3-5-18/h1-5,17,19,21H,6-16H2,(H,26,31)(H,28,29). The van der Waals surface area contributed by atoms with Crippen LogP contribution in [0.1, 0.15) is 50.0 Å². The summed E-state index contributed by atoms with van der Waals surface area (Å²) in [5, 5.41) is 11.1. The fourth-order valence-electron chi connectivity index (χ4n) is 5.65. The summed E-state index contributed by atoms with van der Waals surface area (Å²) in [7, 11) is 0. The number of carbonyl (C=O) groups is 4. The van der Waals surface area contributed by atoms with E-state index in [0.29, 0.717) is 51.0 Å². The zero-order valence-corrected chi connectivity index (χ0v) is 18.8.